The smallest absolute Gasteiger partial charge is 0.238 e. The van der Waals surface area contributed by atoms with Crippen LogP contribution in [-0.2, 0) is 21.2 Å². The molecule has 1 aromatic carbocycles. The van der Waals surface area contributed by atoms with Gasteiger partial charge in [-0.3, -0.25) is 4.79 Å². The van der Waals surface area contributed by atoms with Gasteiger partial charge in [-0.2, -0.15) is 5.10 Å². The maximum absolute atomic E-state index is 11.9. The zero-order valence-electron chi connectivity index (χ0n) is 13.7. The summed E-state index contributed by atoms with van der Waals surface area (Å²) in [5.74, 6) is -0.501. The van der Waals surface area contributed by atoms with Gasteiger partial charge in [0, 0.05) is 24.1 Å². The van der Waals surface area contributed by atoms with Crippen molar-refractivity contribution in [1.82, 2.24) is 15.1 Å². The van der Waals surface area contributed by atoms with E-state index in [4.69, 9.17) is 0 Å². The summed E-state index contributed by atoms with van der Waals surface area (Å²) in [6.45, 7) is 5.43. The molecule has 1 N–H and O–H groups in total. The van der Waals surface area contributed by atoms with Crippen molar-refractivity contribution in [1.29, 1.82) is 0 Å². The van der Waals surface area contributed by atoms with Gasteiger partial charge in [-0.25, -0.2) is 13.1 Å². The van der Waals surface area contributed by atoms with E-state index >= 15 is 0 Å². The molecular formula is C16H21N3O3S. The number of carbonyl (C=O) groups excluding carboxylic acids is 1. The number of rotatable bonds is 5. The lowest BCUT2D eigenvalue weighted by atomic mass is 10.2. The quantitative estimate of drug-likeness (QED) is 0.899. The fourth-order valence-corrected chi connectivity index (χ4v) is 2.74. The number of hydrogen-bond acceptors (Lipinski definition) is 4. The third-order valence-corrected chi connectivity index (χ3v) is 5.39. The Labute approximate surface area is 136 Å². The molecule has 1 atom stereocenters. The van der Waals surface area contributed by atoms with Crippen LogP contribution in [0.25, 0.3) is 5.69 Å². The molecule has 7 heteroatoms. The first-order chi connectivity index (χ1) is 10.7. The fraction of sp³-hybridized carbons (Fsp3) is 0.375. The second-order valence-electron chi connectivity index (χ2n) is 5.59. The number of benzene rings is 1. The number of sulfone groups is 1. The number of hydrogen-bond donors (Lipinski definition) is 1. The summed E-state index contributed by atoms with van der Waals surface area (Å²) in [5, 5.41) is 6.12. The molecular weight excluding hydrogens is 314 g/mol. The summed E-state index contributed by atoms with van der Waals surface area (Å²) in [5.41, 5.74) is 3.55. The van der Waals surface area contributed by atoms with Gasteiger partial charge in [-0.15, -0.1) is 0 Å². The first-order valence-electron chi connectivity index (χ1n) is 7.29. The average molecular weight is 335 g/mol. The summed E-state index contributed by atoms with van der Waals surface area (Å²) in [4.78, 5) is 11.9. The third-order valence-electron chi connectivity index (χ3n) is 3.89. The van der Waals surface area contributed by atoms with Gasteiger partial charge < -0.3 is 5.32 Å². The highest BCUT2D eigenvalue weighted by molar-refractivity contribution is 7.92. The summed E-state index contributed by atoms with van der Waals surface area (Å²) >= 11 is 0. The number of amides is 1. The van der Waals surface area contributed by atoms with Crippen LogP contribution in [0.2, 0.25) is 0 Å². The Morgan fingerprint density at radius 3 is 2.43 bits per heavy atom. The second-order valence-corrected chi connectivity index (χ2v) is 7.95. The maximum atomic E-state index is 11.9. The lowest BCUT2D eigenvalue weighted by Gasteiger charge is -2.11. The van der Waals surface area contributed by atoms with Gasteiger partial charge in [0.2, 0.25) is 5.91 Å². The first-order valence-corrected chi connectivity index (χ1v) is 9.24. The predicted molar refractivity (Wildman–Crippen MR) is 89.2 cm³/mol. The molecule has 0 spiro atoms. The molecule has 0 saturated heterocycles. The van der Waals surface area contributed by atoms with Crippen molar-refractivity contribution in [2.24, 2.45) is 0 Å². The molecule has 1 aromatic heterocycles. The second kappa shape index (κ2) is 6.54. The molecule has 0 aliphatic rings. The van der Waals surface area contributed by atoms with Crippen LogP contribution in [0.15, 0.2) is 30.3 Å². The predicted octanol–water partition coefficient (Wildman–Crippen LogP) is 1.54. The van der Waals surface area contributed by atoms with Crippen LogP contribution in [0, 0.1) is 13.8 Å². The van der Waals surface area contributed by atoms with Crippen molar-refractivity contribution in [2.75, 3.05) is 6.26 Å². The Hall–Kier alpha value is -2.15. The third kappa shape index (κ3) is 3.79. The monoisotopic (exact) mass is 335 g/mol. The number of para-hydroxylation sites is 1. The number of nitrogens with one attached hydrogen (secondary N) is 1. The van der Waals surface area contributed by atoms with E-state index in [9.17, 15) is 13.2 Å². The number of aromatic nitrogens is 2. The molecule has 0 aliphatic carbocycles. The Balaban J connectivity index is 2.19. The summed E-state index contributed by atoms with van der Waals surface area (Å²) < 4.78 is 24.7. The summed E-state index contributed by atoms with van der Waals surface area (Å²) in [6, 6.07) is 9.70. The molecule has 23 heavy (non-hydrogen) atoms. The van der Waals surface area contributed by atoms with Gasteiger partial charge in [0.1, 0.15) is 5.25 Å². The summed E-state index contributed by atoms with van der Waals surface area (Å²) in [7, 11) is -3.40. The largest absolute Gasteiger partial charge is 0.351 e. The zero-order chi connectivity index (χ0) is 17.2. The lowest BCUT2D eigenvalue weighted by molar-refractivity contribution is -0.120. The maximum Gasteiger partial charge on any atom is 0.238 e. The van der Waals surface area contributed by atoms with Gasteiger partial charge in [0.05, 0.1) is 11.4 Å². The molecule has 1 amide bonds. The van der Waals surface area contributed by atoms with Crippen molar-refractivity contribution >= 4 is 15.7 Å². The average Bonchev–Trinajstić information content (AvgIpc) is 2.79. The minimum Gasteiger partial charge on any atom is -0.351 e. The van der Waals surface area contributed by atoms with Crippen molar-refractivity contribution in [3.05, 3.63) is 47.3 Å². The van der Waals surface area contributed by atoms with Gasteiger partial charge in [-0.1, -0.05) is 18.2 Å². The van der Waals surface area contributed by atoms with E-state index in [1.807, 2.05) is 48.9 Å². The Morgan fingerprint density at radius 2 is 1.87 bits per heavy atom. The molecule has 0 radical (unpaired) electrons. The van der Waals surface area contributed by atoms with E-state index in [1.54, 1.807) is 0 Å². The minimum absolute atomic E-state index is 0.253. The molecule has 1 heterocycles. The van der Waals surface area contributed by atoms with Crippen LogP contribution in [0.4, 0.5) is 0 Å². The fourth-order valence-electron chi connectivity index (χ4n) is 2.27. The van der Waals surface area contributed by atoms with Crippen LogP contribution in [-0.4, -0.2) is 35.6 Å². The van der Waals surface area contributed by atoms with Crippen LogP contribution >= 0.6 is 0 Å². The highest BCUT2D eigenvalue weighted by Gasteiger charge is 2.24. The van der Waals surface area contributed by atoms with Gasteiger partial charge >= 0.3 is 0 Å². The van der Waals surface area contributed by atoms with Crippen LogP contribution < -0.4 is 5.32 Å². The number of carbonyl (C=O) groups is 1. The molecule has 0 fully saturated rings. The molecule has 124 valence electrons. The van der Waals surface area contributed by atoms with Gasteiger partial charge in [-0.05, 0) is 32.9 Å². The lowest BCUT2D eigenvalue weighted by Crippen LogP contribution is -2.37. The Kier molecular flexibility index (Phi) is 4.89. The molecule has 0 unspecified atom stereocenters. The van der Waals surface area contributed by atoms with Gasteiger partial charge in [0.25, 0.3) is 0 Å². The molecule has 0 saturated carbocycles. The Bertz CT molecular complexity index is 811. The molecule has 0 aliphatic heterocycles. The number of aryl methyl sites for hydroxylation is 1. The topological polar surface area (TPSA) is 81.1 Å². The first kappa shape index (κ1) is 17.2. The van der Waals surface area contributed by atoms with Crippen LogP contribution in [0.1, 0.15) is 23.9 Å². The van der Waals surface area contributed by atoms with E-state index in [2.05, 4.69) is 10.4 Å². The minimum atomic E-state index is -3.40. The van der Waals surface area contributed by atoms with Crippen molar-refractivity contribution < 1.29 is 13.2 Å². The van der Waals surface area contributed by atoms with Crippen molar-refractivity contribution in [3.63, 3.8) is 0 Å². The molecule has 6 nitrogen and oxygen atoms in total. The van der Waals surface area contributed by atoms with Crippen molar-refractivity contribution in [3.8, 4) is 5.69 Å². The molecule has 0 bridgehead atoms. The van der Waals surface area contributed by atoms with Crippen LogP contribution in [0.3, 0.4) is 0 Å². The van der Waals surface area contributed by atoms with E-state index in [-0.39, 0.29) is 6.54 Å². The normalized spacial score (nSPS) is 12.9. The van der Waals surface area contributed by atoms with Gasteiger partial charge in [0.15, 0.2) is 9.84 Å². The van der Waals surface area contributed by atoms with E-state index in [0.29, 0.717) is 0 Å². The SMILES string of the molecule is Cc1nn(-c2ccccc2)c(C)c1CNC(=O)[C@H](C)S(C)(=O)=O. The van der Waals surface area contributed by atoms with E-state index < -0.39 is 21.0 Å². The van der Waals surface area contributed by atoms with Crippen LogP contribution in [0.5, 0.6) is 0 Å². The number of nitrogens with zero attached hydrogens (tertiary/aromatic N) is 2. The van der Waals surface area contributed by atoms with E-state index in [1.165, 1.54) is 6.92 Å². The Morgan fingerprint density at radius 1 is 1.26 bits per heavy atom. The summed E-state index contributed by atoms with van der Waals surface area (Å²) in [6.07, 6.45) is 1.06. The zero-order valence-corrected chi connectivity index (χ0v) is 14.5. The highest BCUT2D eigenvalue weighted by atomic mass is 32.2. The molecule has 2 rings (SSSR count). The molecule has 2 aromatic rings. The van der Waals surface area contributed by atoms with Crippen molar-refractivity contribution in [2.45, 2.75) is 32.6 Å². The standard InChI is InChI=1S/C16H21N3O3S/c1-11-15(10-17-16(20)13(3)23(4,21)22)12(2)19(18-11)14-8-6-5-7-9-14/h5-9,13H,10H2,1-4H3,(H,17,20)/t13-/m0/s1. The van der Waals surface area contributed by atoms with E-state index in [0.717, 1.165) is 28.9 Å². The highest BCUT2D eigenvalue weighted by Crippen LogP contribution is 2.17.